The summed E-state index contributed by atoms with van der Waals surface area (Å²) >= 11 is 0. The van der Waals surface area contributed by atoms with Crippen molar-refractivity contribution in [3.63, 3.8) is 0 Å². The number of amides is 1. The zero-order valence-corrected chi connectivity index (χ0v) is 17.6. The molecule has 9 nitrogen and oxygen atoms in total. The number of hydrogen-bond acceptors (Lipinski definition) is 8. The van der Waals surface area contributed by atoms with Crippen LogP contribution in [0.5, 0.6) is 11.5 Å². The first kappa shape index (κ1) is 21.3. The van der Waals surface area contributed by atoms with E-state index in [-0.39, 0.29) is 27.8 Å². The summed E-state index contributed by atoms with van der Waals surface area (Å²) in [5.74, 6) is -0.172. The molecule has 0 fully saturated rings. The lowest BCUT2D eigenvalue weighted by Crippen LogP contribution is -2.22. The molecule has 0 aliphatic rings. The molecule has 0 atom stereocenters. The van der Waals surface area contributed by atoms with Crippen molar-refractivity contribution in [3.05, 3.63) is 78.3 Å². The number of rotatable bonds is 7. The van der Waals surface area contributed by atoms with Gasteiger partial charge in [0, 0.05) is 24.2 Å². The van der Waals surface area contributed by atoms with Crippen LogP contribution in [0.25, 0.3) is 11.0 Å². The standard InChI is InChI=1S/C22H18N2O7S/c1-29-16-4-7-18(31-26)21(11-16)32(27,28)17-5-2-14(3-6-17)12-24-22(25)19-10-15-8-9-23-13-20(15)30-19/h2-11,13,26H,12H2,1H3,(H,24,25). The summed E-state index contributed by atoms with van der Waals surface area (Å²) in [6.07, 6.45) is 3.14. The van der Waals surface area contributed by atoms with Crippen LogP contribution in [-0.4, -0.2) is 31.7 Å². The maximum atomic E-state index is 13.0. The third-order valence-electron chi connectivity index (χ3n) is 4.77. The lowest BCUT2D eigenvalue weighted by molar-refractivity contribution is -0.140. The van der Waals surface area contributed by atoms with Gasteiger partial charge >= 0.3 is 0 Å². The first-order valence-electron chi connectivity index (χ1n) is 9.37. The molecule has 0 aliphatic carbocycles. The van der Waals surface area contributed by atoms with E-state index in [4.69, 9.17) is 14.4 Å². The molecule has 0 spiro atoms. The monoisotopic (exact) mass is 454 g/mol. The lowest BCUT2D eigenvalue weighted by Gasteiger charge is -2.11. The van der Waals surface area contributed by atoms with E-state index in [0.29, 0.717) is 16.9 Å². The first-order valence-corrected chi connectivity index (χ1v) is 10.9. The molecule has 2 aromatic carbocycles. The van der Waals surface area contributed by atoms with E-state index >= 15 is 0 Å². The number of nitrogens with zero attached hydrogens (tertiary/aromatic N) is 1. The number of ether oxygens (including phenoxy) is 1. The van der Waals surface area contributed by atoms with Gasteiger partial charge in [-0.25, -0.2) is 13.7 Å². The minimum Gasteiger partial charge on any atom is -0.497 e. The Labute approximate surface area is 183 Å². The highest BCUT2D eigenvalue weighted by atomic mass is 32.2. The number of methoxy groups -OCH3 is 1. The van der Waals surface area contributed by atoms with Gasteiger partial charge in [0.2, 0.25) is 9.84 Å². The zero-order chi connectivity index (χ0) is 22.7. The number of fused-ring (bicyclic) bond motifs is 1. The lowest BCUT2D eigenvalue weighted by atomic mass is 10.2. The van der Waals surface area contributed by atoms with Crippen LogP contribution in [0.2, 0.25) is 0 Å². The molecule has 1 amide bonds. The number of nitrogens with one attached hydrogen (secondary N) is 1. The highest BCUT2D eigenvalue weighted by molar-refractivity contribution is 7.91. The van der Waals surface area contributed by atoms with Crippen molar-refractivity contribution in [1.82, 2.24) is 10.3 Å². The predicted molar refractivity (Wildman–Crippen MR) is 113 cm³/mol. The van der Waals surface area contributed by atoms with Crippen molar-refractivity contribution in [3.8, 4) is 11.5 Å². The topological polar surface area (TPSA) is 128 Å². The second-order valence-corrected chi connectivity index (χ2v) is 8.68. The van der Waals surface area contributed by atoms with Gasteiger partial charge in [-0.3, -0.25) is 9.78 Å². The van der Waals surface area contributed by atoms with E-state index in [9.17, 15) is 13.2 Å². The Morgan fingerprint density at radius 2 is 1.91 bits per heavy atom. The second kappa shape index (κ2) is 8.69. The van der Waals surface area contributed by atoms with Crippen LogP contribution < -0.4 is 14.9 Å². The predicted octanol–water partition coefficient (Wildman–Crippen LogP) is 3.45. The fourth-order valence-corrected chi connectivity index (χ4v) is 4.47. The Bertz CT molecular complexity index is 1350. The van der Waals surface area contributed by atoms with Crippen molar-refractivity contribution in [1.29, 1.82) is 0 Å². The molecule has 2 aromatic heterocycles. The van der Waals surface area contributed by atoms with Crippen molar-refractivity contribution in [2.24, 2.45) is 0 Å². The summed E-state index contributed by atoms with van der Waals surface area (Å²) in [5, 5.41) is 12.5. The van der Waals surface area contributed by atoms with Gasteiger partial charge in [-0.1, -0.05) is 12.1 Å². The summed E-state index contributed by atoms with van der Waals surface area (Å²) < 4.78 is 36.5. The quantitative estimate of drug-likeness (QED) is 0.321. The van der Waals surface area contributed by atoms with Gasteiger partial charge in [-0.15, -0.1) is 0 Å². The molecule has 2 N–H and O–H groups in total. The molecule has 0 bridgehead atoms. The summed E-state index contributed by atoms with van der Waals surface area (Å²) in [6.45, 7) is 0.165. The molecular weight excluding hydrogens is 436 g/mol. The van der Waals surface area contributed by atoms with E-state index in [0.717, 1.165) is 5.39 Å². The van der Waals surface area contributed by atoms with Gasteiger partial charge < -0.3 is 19.4 Å². The smallest absolute Gasteiger partial charge is 0.287 e. The number of aromatic nitrogens is 1. The largest absolute Gasteiger partial charge is 0.497 e. The van der Waals surface area contributed by atoms with Crippen LogP contribution in [0.4, 0.5) is 0 Å². The number of benzene rings is 2. The first-order chi connectivity index (χ1) is 15.4. The summed E-state index contributed by atoms with van der Waals surface area (Å²) in [5.41, 5.74) is 1.19. The zero-order valence-electron chi connectivity index (χ0n) is 16.8. The van der Waals surface area contributed by atoms with Crippen LogP contribution in [0.3, 0.4) is 0 Å². The van der Waals surface area contributed by atoms with Crippen LogP contribution in [-0.2, 0) is 16.4 Å². The minimum absolute atomic E-state index is 0.0103. The molecule has 4 aromatic rings. The highest BCUT2D eigenvalue weighted by Crippen LogP contribution is 2.32. The van der Waals surface area contributed by atoms with Crippen LogP contribution in [0.15, 0.2) is 81.2 Å². The molecule has 0 aliphatic heterocycles. The van der Waals surface area contributed by atoms with Crippen LogP contribution in [0, 0.1) is 0 Å². The maximum absolute atomic E-state index is 13.0. The van der Waals surface area contributed by atoms with Gasteiger partial charge in [0.05, 0.1) is 18.2 Å². The second-order valence-electron chi connectivity index (χ2n) is 6.76. The Hall–Kier alpha value is -3.89. The normalized spacial score (nSPS) is 11.3. The minimum atomic E-state index is -3.99. The third kappa shape index (κ3) is 4.13. The SMILES string of the molecule is COc1ccc(OO)c(S(=O)(=O)c2ccc(CNC(=O)c3cc4ccncc4o3)cc2)c1. The number of carbonyl (C=O) groups is 1. The Morgan fingerprint density at radius 3 is 2.59 bits per heavy atom. The fraction of sp³-hybridized carbons (Fsp3) is 0.0909. The van der Waals surface area contributed by atoms with Crippen LogP contribution in [0.1, 0.15) is 16.1 Å². The van der Waals surface area contributed by atoms with Crippen molar-refractivity contribution in [2.75, 3.05) is 7.11 Å². The summed E-state index contributed by atoms with van der Waals surface area (Å²) in [6, 6.07) is 13.4. The van der Waals surface area contributed by atoms with E-state index in [1.165, 1.54) is 43.6 Å². The molecule has 0 unspecified atom stereocenters. The molecule has 0 saturated carbocycles. The van der Waals surface area contributed by atoms with Gasteiger partial charge in [0.1, 0.15) is 10.6 Å². The Morgan fingerprint density at radius 1 is 1.12 bits per heavy atom. The average Bonchev–Trinajstić information content (AvgIpc) is 3.27. The Balaban J connectivity index is 1.50. The molecule has 2 heterocycles. The van der Waals surface area contributed by atoms with Gasteiger partial charge in [-0.2, -0.15) is 0 Å². The summed E-state index contributed by atoms with van der Waals surface area (Å²) in [7, 11) is -2.59. The van der Waals surface area contributed by atoms with Crippen molar-refractivity contribution >= 4 is 26.7 Å². The number of carbonyl (C=O) groups excluding carboxylic acids is 1. The number of hydrogen-bond donors (Lipinski definition) is 2. The Kier molecular flexibility index (Phi) is 5.80. The van der Waals surface area contributed by atoms with Crippen molar-refractivity contribution < 1.29 is 32.5 Å². The van der Waals surface area contributed by atoms with Gasteiger partial charge in [-0.05, 0) is 42.0 Å². The highest BCUT2D eigenvalue weighted by Gasteiger charge is 2.24. The van der Waals surface area contributed by atoms with E-state index in [1.807, 2.05) is 0 Å². The third-order valence-corrected chi connectivity index (χ3v) is 6.56. The molecule has 10 heteroatoms. The molecule has 0 radical (unpaired) electrons. The molecular formula is C22H18N2O7S. The van der Waals surface area contributed by atoms with E-state index in [1.54, 1.807) is 30.5 Å². The van der Waals surface area contributed by atoms with Gasteiger partial charge in [0.15, 0.2) is 17.1 Å². The average molecular weight is 454 g/mol. The molecule has 32 heavy (non-hydrogen) atoms. The molecule has 0 saturated heterocycles. The van der Waals surface area contributed by atoms with E-state index < -0.39 is 15.7 Å². The molecule has 164 valence electrons. The van der Waals surface area contributed by atoms with E-state index in [2.05, 4.69) is 15.2 Å². The van der Waals surface area contributed by atoms with Crippen molar-refractivity contribution in [2.45, 2.75) is 16.3 Å². The summed E-state index contributed by atoms with van der Waals surface area (Å²) in [4.78, 5) is 20.3. The number of sulfone groups is 1. The number of pyridine rings is 1. The number of furan rings is 1. The molecule has 4 rings (SSSR count). The van der Waals surface area contributed by atoms with Crippen LogP contribution >= 0.6 is 0 Å². The fourth-order valence-electron chi connectivity index (χ4n) is 3.08. The maximum Gasteiger partial charge on any atom is 0.287 e. The van der Waals surface area contributed by atoms with Gasteiger partial charge in [0.25, 0.3) is 5.91 Å².